The summed E-state index contributed by atoms with van der Waals surface area (Å²) in [6.45, 7) is -2.56. The van der Waals surface area contributed by atoms with E-state index in [2.05, 4.69) is 41.5 Å². The normalized spacial score (nSPS) is 27.7. The molecule has 15 N–H and O–H groups in total. The van der Waals surface area contributed by atoms with E-state index in [0.29, 0.717) is 0 Å². The Balaban J connectivity index is 0.000000596. The van der Waals surface area contributed by atoms with Crippen LogP contribution in [0, 0.1) is 0 Å². The van der Waals surface area contributed by atoms with Crippen LogP contribution in [0.5, 0.6) is 0 Å². The number of nitrogens with zero attached hydrogens (tertiary/aromatic N) is 6. The Morgan fingerprint density at radius 1 is 0.469 bits per heavy atom. The molecule has 444 valence electrons. The van der Waals surface area contributed by atoms with Crippen LogP contribution in [0.25, 0.3) is 0 Å². The predicted octanol–water partition coefficient (Wildman–Crippen LogP) is -15.9. The monoisotopic (exact) mass is 1360 g/mol. The van der Waals surface area contributed by atoms with E-state index in [9.17, 15) is 71.8 Å². The number of phosphoric acid groups is 6. The van der Waals surface area contributed by atoms with E-state index in [1.165, 1.54) is 58.1 Å². The first-order chi connectivity index (χ1) is 35.8. The topological polar surface area (TPSA) is 647 Å². The van der Waals surface area contributed by atoms with Gasteiger partial charge >= 0.3 is 218 Å². The van der Waals surface area contributed by atoms with E-state index in [0.717, 1.165) is 13.7 Å². The fraction of sp³-hybridized carbons (Fsp3) is 0.600. The molecule has 3 aliphatic rings. The zero-order valence-corrected chi connectivity index (χ0v) is 57.2. The summed E-state index contributed by atoms with van der Waals surface area (Å²) in [6.07, 6.45) is -12.7. The Morgan fingerprint density at radius 3 is 0.852 bits per heavy atom. The second-order valence-corrected chi connectivity index (χ2v) is 23.8. The number of rotatable bonds is 21. The van der Waals surface area contributed by atoms with Crippen molar-refractivity contribution in [3.05, 3.63) is 68.2 Å². The molecule has 0 radical (unpaired) electrons. The van der Waals surface area contributed by atoms with Gasteiger partial charge in [0.1, 0.15) is 17.5 Å². The fourth-order valence-electron chi connectivity index (χ4n) is 6.78. The maximum Gasteiger partial charge on any atom is 1.00 e. The van der Waals surface area contributed by atoms with Crippen molar-refractivity contribution in [3.8, 4) is 0 Å². The predicted molar refractivity (Wildman–Crippen MR) is 241 cm³/mol. The van der Waals surface area contributed by atoms with Gasteiger partial charge in [0, 0.05) is 39.9 Å². The minimum absolute atomic E-state index is 0. The quantitative estimate of drug-likeness (QED) is 0.0348. The molecule has 15 atom stereocenters. The number of methoxy groups -OCH3 is 3. The Kier molecular flexibility index (Phi) is 33.7. The van der Waals surface area contributed by atoms with E-state index >= 15 is 0 Å². The fourth-order valence-corrected chi connectivity index (χ4v) is 11.6. The number of hydrogen-bond donors (Lipinski definition) is 12. The van der Waals surface area contributed by atoms with Crippen LogP contribution in [0.2, 0.25) is 0 Å². The van der Waals surface area contributed by atoms with Crippen molar-refractivity contribution in [3.63, 3.8) is 0 Å². The maximum atomic E-state index is 12.3. The molecule has 3 fully saturated rings. The van der Waals surface area contributed by atoms with Crippen molar-refractivity contribution in [2.45, 2.75) is 73.6 Å². The molecule has 0 aromatic carbocycles. The number of phosphoric ester groups is 3. The van der Waals surface area contributed by atoms with Gasteiger partial charge in [-0.1, -0.05) is 18.3 Å². The largest absolute Gasteiger partial charge is 1.00 e. The van der Waals surface area contributed by atoms with Crippen LogP contribution in [-0.4, -0.2) is 169 Å². The van der Waals surface area contributed by atoms with E-state index in [4.69, 9.17) is 75.0 Å². The molecule has 0 aliphatic carbocycles. The van der Waals surface area contributed by atoms with Crippen molar-refractivity contribution in [2.24, 2.45) is 0 Å². The maximum absolute atomic E-state index is 12.3. The molecular formula is C30H48K3N9O33P6. The zero-order valence-electron chi connectivity index (χ0n) is 42.4. The number of nitrogen functional groups attached to an aromatic ring is 3. The molecule has 3 saturated heterocycles. The molecule has 0 saturated carbocycles. The van der Waals surface area contributed by atoms with Gasteiger partial charge in [0.2, 0.25) is 0 Å². The average Bonchev–Trinajstić information content (AvgIpc) is 3.89. The molecule has 81 heavy (non-hydrogen) atoms. The van der Waals surface area contributed by atoms with Crippen molar-refractivity contribution < 1.29 is 296 Å². The molecule has 0 amide bonds. The first-order valence-electron chi connectivity index (χ1n) is 20.6. The molecule has 6 rings (SSSR count). The smallest absolute Gasteiger partial charge is 0.848 e. The van der Waals surface area contributed by atoms with E-state index in [-0.39, 0.29) is 172 Å². The van der Waals surface area contributed by atoms with Crippen LogP contribution in [0.4, 0.5) is 17.5 Å². The van der Waals surface area contributed by atoms with Gasteiger partial charge in [-0.3, -0.25) is 27.3 Å². The van der Waals surface area contributed by atoms with Crippen LogP contribution < -0.4 is 204 Å². The van der Waals surface area contributed by atoms with Crippen molar-refractivity contribution in [2.75, 3.05) is 58.4 Å². The number of ether oxygens (including phenoxy) is 6. The molecular weight excluding hydrogens is 1320 g/mol. The molecule has 6 heterocycles. The van der Waals surface area contributed by atoms with Gasteiger partial charge < -0.3 is 105 Å². The molecule has 3 aromatic rings. The summed E-state index contributed by atoms with van der Waals surface area (Å²) in [5.41, 5.74) is 13.7. The van der Waals surface area contributed by atoms with Crippen LogP contribution in [-0.2, 0) is 82.3 Å². The van der Waals surface area contributed by atoms with Gasteiger partial charge in [-0.15, -0.1) is 0 Å². The number of hydrogen-bond acceptors (Lipinski definition) is 30. The van der Waals surface area contributed by atoms with Crippen LogP contribution in [0.1, 0.15) is 18.7 Å². The van der Waals surface area contributed by atoms with Gasteiger partial charge in [-0.05, 0) is 18.2 Å². The first-order valence-corrected chi connectivity index (χ1v) is 29.7. The summed E-state index contributed by atoms with van der Waals surface area (Å²) in [6, 6.07) is 3.87. The number of nitrogens with two attached hydrogens (primary N) is 3. The third kappa shape index (κ3) is 25.3. The summed E-state index contributed by atoms with van der Waals surface area (Å²) in [5.74, 6) is -0.146. The van der Waals surface area contributed by atoms with Gasteiger partial charge in [0.05, 0.1) is 56.4 Å². The summed E-state index contributed by atoms with van der Waals surface area (Å²) >= 11 is 0. The van der Waals surface area contributed by atoms with Crippen molar-refractivity contribution >= 4 is 64.4 Å². The third-order valence-corrected chi connectivity index (χ3v) is 16.3. The molecule has 42 nitrogen and oxygen atoms in total. The third-order valence-electron chi connectivity index (χ3n) is 9.88. The Labute approximate surface area is 581 Å². The summed E-state index contributed by atoms with van der Waals surface area (Å²) in [5, 5.41) is 37.0. The van der Waals surface area contributed by atoms with E-state index in [1.807, 2.05) is 0 Å². The standard InChI is InChI=1S/3C10H16N3O11P2.3K/c3*1-21-8-7(14)5(4-22-26(19,20)24-25(16,17)18)23-9(8)13-3-2-6(11)12-10(13)15;;;/h3*2-3,5,7-9H,4H2,1H3,(H,19,20)(H2,11,12,15)(H2,16,17,18);;;/q3*-1;3*+1/t3*5-,7-,8-,9-;;;/m111.../s1. The Hall–Kier alpha value is 1.37. The second-order valence-electron chi connectivity index (χ2n) is 15.3. The summed E-state index contributed by atoms with van der Waals surface area (Å²) in [4.78, 5) is 125. The van der Waals surface area contributed by atoms with E-state index < -0.39 is 157 Å². The molecule has 0 spiro atoms. The minimum atomic E-state index is -5.30. The molecule has 0 bridgehead atoms. The molecule has 3 aliphatic heterocycles. The summed E-state index contributed by atoms with van der Waals surface area (Å²) < 4.78 is 124. The van der Waals surface area contributed by atoms with E-state index in [1.54, 1.807) is 0 Å². The van der Waals surface area contributed by atoms with Gasteiger partial charge in [-0.25, -0.2) is 41.8 Å². The SMILES string of the molecule is CO[C@@H]1[C@H]([O-])[C@@H](COP(=O)(O)OP(=O)(O)O)O[C@H]1n1ccc(N)nc1=O.CO[C@@H]1[C@H]([O-])[C@@H](COP(=O)(O)OP(=O)(O)O)O[C@H]1n1ccc(N)nc1=O.CO[C@@H]1[C@H]([O-])[C@@H](COP(=O)(O)OP(=O)(O)O)O[C@H]1n1ccc(N)nc1=O.[K+].[K+].[K+]. The Morgan fingerprint density at radius 2 is 0.679 bits per heavy atom. The van der Waals surface area contributed by atoms with Crippen molar-refractivity contribution in [1.82, 2.24) is 28.7 Å². The van der Waals surface area contributed by atoms with Gasteiger partial charge in [-0.2, -0.15) is 27.9 Å². The second kappa shape index (κ2) is 34.0. The van der Waals surface area contributed by atoms with Crippen LogP contribution >= 0.6 is 46.9 Å². The zero-order chi connectivity index (χ0) is 59.1. The number of aromatic nitrogens is 6. The Bertz CT molecular complexity index is 2720. The first kappa shape index (κ1) is 80.4. The van der Waals surface area contributed by atoms with Crippen molar-refractivity contribution in [1.29, 1.82) is 0 Å². The van der Waals surface area contributed by atoms with Crippen LogP contribution in [0.3, 0.4) is 0 Å². The molecule has 3 aromatic heterocycles. The molecule has 51 heteroatoms. The summed E-state index contributed by atoms with van der Waals surface area (Å²) in [7, 11) is -27.8. The van der Waals surface area contributed by atoms with Gasteiger partial charge in [0.15, 0.2) is 18.7 Å². The van der Waals surface area contributed by atoms with Crippen LogP contribution in [0.15, 0.2) is 51.2 Å². The average molecular weight is 1370 g/mol. The number of anilines is 3. The molecule has 3 unspecified atom stereocenters. The minimum Gasteiger partial charge on any atom is -0.848 e. The van der Waals surface area contributed by atoms with Gasteiger partial charge in [0.25, 0.3) is 0 Å².